The van der Waals surface area contributed by atoms with Gasteiger partial charge in [0, 0.05) is 6.42 Å². The molecule has 1 rings (SSSR count). The molecule has 0 aliphatic carbocycles. The van der Waals surface area contributed by atoms with Crippen molar-refractivity contribution in [2.24, 2.45) is 0 Å². The molecular weight excluding hydrogens is 186 g/mol. The molecule has 1 aromatic rings. The highest BCUT2D eigenvalue weighted by Gasteiger charge is 2.03. The van der Waals surface area contributed by atoms with E-state index >= 15 is 0 Å². The van der Waals surface area contributed by atoms with E-state index in [2.05, 4.69) is 5.32 Å². The summed E-state index contributed by atoms with van der Waals surface area (Å²) in [5, 5.41) is 3.31. The molecule has 0 fully saturated rings. The van der Waals surface area contributed by atoms with E-state index in [0.29, 0.717) is 17.1 Å². The van der Waals surface area contributed by atoms with Crippen molar-refractivity contribution >= 4 is 23.2 Å². The van der Waals surface area contributed by atoms with Crippen LogP contribution in [0, 0.1) is 6.92 Å². The van der Waals surface area contributed by atoms with Crippen molar-refractivity contribution in [2.75, 3.05) is 5.32 Å². The average molecular weight is 198 g/mol. The standard InChI is InChI=1S/C10H12ClNO/c1-3-10(13)12-9-6-7(2)4-5-8(9)11/h4-6H,3H2,1-2H3,(H,12,13). The summed E-state index contributed by atoms with van der Waals surface area (Å²) in [5.41, 5.74) is 1.77. The molecule has 2 nitrogen and oxygen atoms in total. The molecule has 0 aliphatic heterocycles. The van der Waals surface area contributed by atoms with Gasteiger partial charge in [-0.1, -0.05) is 24.6 Å². The number of nitrogens with one attached hydrogen (secondary N) is 1. The third kappa shape index (κ3) is 2.74. The van der Waals surface area contributed by atoms with Gasteiger partial charge in [-0.3, -0.25) is 4.79 Å². The number of anilines is 1. The summed E-state index contributed by atoms with van der Waals surface area (Å²) in [4.78, 5) is 11.1. The quantitative estimate of drug-likeness (QED) is 0.776. The summed E-state index contributed by atoms with van der Waals surface area (Å²) < 4.78 is 0. The van der Waals surface area contributed by atoms with E-state index in [0.717, 1.165) is 5.56 Å². The van der Waals surface area contributed by atoms with Gasteiger partial charge < -0.3 is 5.32 Å². The molecule has 70 valence electrons. The van der Waals surface area contributed by atoms with Crippen LogP contribution in [0.25, 0.3) is 0 Å². The minimum atomic E-state index is -0.0208. The van der Waals surface area contributed by atoms with Crippen molar-refractivity contribution in [3.8, 4) is 0 Å². The number of hydrogen-bond acceptors (Lipinski definition) is 1. The van der Waals surface area contributed by atoms with E-state index in [4.69, 9.17) is 11.6 Å². The van der Waals surface area contributed by atoms with Crippen LogP contribution in [0.3, 0.4) is 0 Å². The van der Waals surface area contributed by atoms with Crippen molar-refractivity contribution in [3.63, 3.8) is 0 Å². The molecule has 0 bridgehead atoms. The first-order chi connectivity index (χ1) is 6.13. The smallest absolute Gasteiger partial charge is 0.224 e. The molecule has 0 saturated heterocycles. The molecule has 0 aliphatic rings. The molecular formula is C10H12ClNO. The van der Waals surface area contributed by atoms with Crippen molar-refractivity contribution in [1.29, 1.82) is 0 Å². The van der Waals surface area contributed by atoms with E-state index in [9.17, 15) is 4.79 Å². The van der Waals surface area contributed by atoms with Gasteiger partial charge in [0.1, 0.15) is 0 Å². The summed E-state index contributed by atoms with van der Waals surface area (Å²) >= 11 is 5.88. The number of rotatable bonds is 2. The molecule has 1 N–H and O–H groups in total. The van der Waals surface area contributed by atoms with E-state index in [1.165, 1.54) is 0 Å². The number of aryl methyl sites for hydroxylation is 1. The fourth-order valence-corrected chi connectivity index (χ4v) is 1.14. The monoisotopic (exact) mass is 197 g/mol. The molecule has 1 amide bonds. The van der Waals surface area contributed by atoms with Crippen LogP contribution in [0.4, 0.5) is 5.69 Å². The Morgan fingerprint density at radius 1 is 1.54 bits per heavy atom. The number of amides is 1. The van der Waals surface area contributed by atoms with Crippen LogP contribution in [0.2, 0.25) is 5.02 Å². The molecule has 0 aromatic heterocycles. The van der Waals surface area contributed by atoms with Crippen LogP contribution < -0.4 is 5.32 Å². The first-order valence-electron chi connectivity index (χ1n) is 4.19. The van der Waals surface area contributed by atoms with Gasteiger partial charge in [-0.15, -0.1) is 0 Å². The fraction of sp³-hybridized carbons (Fsp3) is 0.300. The molecule has 0 heterocycles. The van der Waals surface area contributed by atoms with E-state index in [-0.39, 0.29) is 5.91 Å². The Morgan fingerprint density at radius 2 is 2.23 bits per heavy atom. The molecule has 13 heavy (non-hydrogen) atoms. The van der Waals surface area contributed by atoms with Crippen LogP contribution >= 0.6 is 11.6 Å². The Balaban J connectivity index is 2.87. The molecule has 0 radical (unpaired) electrons. The van der Waals surface area contributed by atoms with Gasteiger partial charge in [-0.05, 0) is 24.6 Å². The van der Waals surface area contributed by atoms with Crippen molar-refractivity contribution in [3.05, 3.63) is 28.8 Å². The minimum Gasteiger partial charge on any atom is -0.325 e. The molecule has 1 aromatic carbocycles. The predicted molar refractivity (Wildman–Crippen MR) is 55.1 cm³/mol. The zero-order valence-electron chi connectivity index (χ0n) is 7.73. The fourth-order valence-electron chi connectivity index (χ4n) is 0.973. The van der Waals surface area contributed by atoms with Gasteiger partial charge in [0.2, 0.25) is 5.91 Å². The van der Waals surface area contributed by atoms with Crippen LogP contribution in [0.1, 0.15) is 18.9 Å². The molecule has 0 spiro atoms. The molecule has 3 heteroatoms. The van der Waals surface area contributed by atoms with Gasteiger partial charge in [0.25, 0.3) is 0 Å². The first kappa shape index (κ1) is 10.1. The van der Waals surface area contributed by atoms with Gasteiger partial charge in [0.05, 0.1) is 10.7 Å². The summed E-state index contributed by atoms with van der Waals surface area (Å²) in [7, 11) is 0. The lowest BCUT2D eigenvalue weighted by Crippen LogP contribution is -2.09. The van der Waals surface area contributed by atoms with Gasteiger partial charge in [-0.25, -0.2) is 0 Å². The summed E-state index contributed by atoms with van der Waals surface area (Å²) in [6, 6.07) is 5.54. The van der Waals surface area contributed by atoms with Crippen molar-refractivity contribution in [2.45, 2.75) is 20.3 Å². The van der Waals surface area contributed by atoms with E-state index < -0.39 is 0 Å². The Morgan fingerprint density at radius 3 is 2.85 bits per heavy atom. The lowest BCUT2D eigenvalue weighted by molar-refractivity contribution is -0.115. The first-order valence-corrected chi connectivity index (χ1v) is 4.57. The summed E-state index contributed by atoms with van der Waals surface area (Å²) in [5.74, 6) is -0.0208. The maximum absolute atomic E-state index is 11.1. The topological polar surface area (TPSA) is 29.1 Å². The number of benzene rings is 1. The second kappa shape index (κ2) is 4.28. The largest absolute Gasteiger partial charge is 0.325 e. The van der Waals surface area contributed by atoms with Crippen LogP contribution in [0.5, 0.6) is 0 Å². The lowest BCUT2D eigenvalue weighted by atomic mass is 10.2. The third-order valence-corrected chi connectivity index (χ3v) is 2.05. The molecule has 0 saturated carbocycles. The number of carbonyl (C=O) groups is 1. The number of halogens is 1. The second-order valence-electron chi connectivity index (χ2n) is 2.89. The third-order valence-electron chi connectivity index (χ3n) is 1.72. The maximum Gasteiger partial charge on any atom is 0.224 e. The average Bonchev–Trinajstić information content (AvgIpc) is 2.11. The molecule has 0 unspecified atom stereocenters. The Labute approximate surface area is 82.9 Å². The summed E-state index contributed by atoms with van der Waals surface area (Å²) in [6.45, 7) is 3.76. The summed E-state index contributed by atoms with van der Waals surface area (Å²) in [6.07, 6.45) is 0.463. The van der Waals surface area contributed by atoms with Crippen LogP contribution in [0.15, 0.2) is 18.2 Å². The van der Waals surface area contributed by atoms with Crippen LogP contribution in [-0.2, 0) is 4.79 Å². The van der Waals surface area contributed by atoms with Crippen LogP contribution in [-0.4, -0.2) is 5.91 Å². The second-order valence-corrected chi connectivity index (χ2v) is 3.29. The van der Waals surface area contributed by atoms with E-state index in [1.807, 2.05) is 19.1 Å². The zero-order chi connectivity index (χ0) is 9.84. The Bertz CT molecular complexity index is 323. The Hall–Kier alpha value is -1.02. The maximum atomic E-state index is 11.1. The zero-order valence-corrected chi connectivity index (χ0v) is 8.48. The van der Waals surface area contributed by atoms with Gasteiger partial charge >= 0.3 is 0 Å². The number of hydrogen-bond donors (Lipinski definition) is 1. The number of carbonyl (C=O) groups excluding carboxylic acids is 1. The minimum absolute atomic E-state index is 0.0208. The highest BCUT2D eigenvalue weighted by atomic mass is 35.5. The highest BCUT2D eigenvalue weighted by molar-refractivity contribution is 6.33. The van der Waals surface area contributed by atoms with Crippen molar-refractivity contribution < 1.29 is 4.79 Å². The predicted octanol–water partition coefficient (Wildman–Crippen LogP) is 3.00. The van der Waals surface area contributed by atoms with Gasteiger partial charge in [-0.2, -0.15) is 0 Å². The highest BCUT2D eigenvalue weighted by Crippen LogP contribution is 2.22. The Kier molecular flexibility index (Phi) is 3.32. The lowest BCUT2D eigenvalue weighted by Gasteiger charge is -2.06. The van der Waals surface area contributed by atoms with Crippen molar-refractivity contribution in [1.82, 2.24) is 0 Å². The van der Waals surface area contributed by atoms with Gasteiger partial charge in [0.15, 0.2) is 0 Å². The SMILES string of the molecule is CCC(=O)Nc1cc(C)ccc1Cl. The normalized spacial score (nSPS) is 9.77. The molecule has 0 atom stereocenters. The van der Waals surface area contributed by atoms with E-state index in [1.54, 1.807) is 13.0 Å².